The van der Waals surface area contributed by atoms with E-state index in [2.05, 4.69) is 47.8 Å². The number of fused-ring (bicyclic) bond motifs is 5. The van der Waals surface area contributed by atoms with E-state index >= 15 is 0 Å². The molecule has 1 N–H and O–H groups in total. The monoisotopic (exact) mass is 409 g/mol. The molecule has 3 aromatic heterocycles. The fourth-order valence-corrected chi connectivity index (χ4v) is 3.77. The maximum atomic E-state index is 4.84. The topological polar surface area (TPSA) is 77.2 Å². The Morgan fingerprint density at radius 1 is 1.23 bits per heavy atom. The minimum atomic E-state index is 0.627. The van der Waals surface area contributed by atoms with E-state index in [-0.39, 0.29) is 0 Å². The number of aromatic amines is 1. The zero-order valence-electron chi connectivity index (χ0n) is 14.4. The van der Waals surface area contributed by atoms with Crippen LogP contribution in [0.2, 0.25) is 0 Å². The van der Waals surface area contributed by atoms with Crippen LogP contribution >= 0.6 is 15.9 Å². The van der Waals surface area contributed by atoms with Gasteiger partial charge in [0.15, 0.2) is 11.6 Å². The molecule has 4 heterocycles. The van der Waals surface area contributed by atoms with Gasteiger partial charge in [0.05, 0.1) is 42.1 Å². The summed E-state index contributed by atoms with van der Waals surface area (Å²) in [6.07, 6.45) is 2.50. The minimum absolute atomic E-state index is 0.627. The maximum absolute atomic E-state index is 4.84. The van der Waals surface area contributed by atoms with Crippen molar-refractivity contribution >= 4 is 15.9 Å². The number of imidazole rings is 1. The van der Waals surface area contributed by atoms with Crippen molar-refractivity contribution in [3.63, 3.8) is 0 Å². The highest BCUT2D eigenvalue weighted by atomic mass is 79.9. The Kier molecular flexibility index (Phi) is 3.36. The van der Waals surface area contributed by atoms with Crippen molar-refractivity contribution < 1.29 is 0 Å². The summed E-state index contributed by atoms with van der Waals surface area (Å²) in [5, 5.41) is 12.0. The van der Waals surface area contributed by atoms with Gasteiger partial charge < -0.3 is 4.57 Å². The van der Waals surface area contributed by atoms with Gasteiger partial charge in [0.25, 0.3) is 0 Å². The maximum Gasteiger partial charge on any atom is 0.160 e. The number of benzene rings is 1. The molecule has 0 fully saturated rings. The fourth-order valence-electron chi connectivity index (χ4n) is 3.41. The average Bonchev–Trinajstić information content (AvgIpc) is 3.28. The third kappa shape index (κ3) is 2.40. The van der Waals surface area contributed by atoms with Crippen molar-refractivity contribution in [2.24, 2.45) is 0 Å². The van der Waals surface area contributed by atoms with Crippen LogP contribution in [-0.2, 0) is 13.0 Å². The van der Waals surface area contributed by atoms with Gasteiger partial charge in [-0.3, -0.25) is 5.10 Å². The molecular formula is C18H16BrN7. The van der Waals surface area contributed by atoms with Crippen LogP contribution in [-0.4, -0.2) is 34.5 Å². The quantitative estimate of drug-likeness (QED) is 0.485. The zero-order chi connectivity index (χ0) is 17.8. The van der Waals surface area contributed by atoms with Gasteiger partial charge in [-0.15, -0.1) is 0 Å². The van der Waals surface area contributed by atoms with Gasteiger partial charge in [-0.2, -0.15) is 10.2 Å². The van der Waals surface area contributed by atoms with Crippen molar-refractivity contribution in [3.8, 4) is 17.1 Å². The summed E-state index contributed by atoms with van der Waals surface area (Å²) in [6, 6.07) is 8.24. The van der Waals surface area contributed by atoms with Gasteiger partial charge in [-0.25, -0.2) is 14.6 Å². The van der Waals surface area contributed by atoms with Crippen LogP contribution in [0, 0.1) is 13.8 Å². The number of hydrogen-bond donors (Lipinski definition) is 1. The Morgan fingerprint density at radius 2 is 2.12 bits per heavy atom. The predicted octanol–water partition coefficient (Wildman–Crippen LogP) is 3.19. The van der Waals surface area contributed by atoms with Crippen molar-refractivity contribution in [3.05, 3.63) is 63.7 Å². The molecule has 1 aliphatic heterocycles. The molecule has 0 saturated carbocycles. The highest BCUT2D eigenvalue weighted by molar-refractivity contribution is 9.10. The highest BCUT2D eigenvalue weighted by Crippen LogP contribution is 2.33. The van der Waals surface area contributed by atoms with E-state index in [1.54, 1.807) is 0 Å². The molecule has 1 aromatic carbocycles. The van der Waals surface area contributed by atoms with Gasteiger partial charge in [-0.1, -0.05) is 15.9 Å². The molecule has 0 spiro atoms. The third-order valence-electron chi connectivity index (χ3n) is 4.66. The third-order valence-corrected chi connectivity index (χ3v) is 5.15. The lowest BCUT2D eigenvalue weighted by Gasteiger charge is -2.08. The molecule has 8 heteroatoms. The summed E-state index contributed by atoms with van der Waals surface area (Å²) in [7, 11) is 0. The second kappa shape index (κ2) is 5.63. The van der Waals surface area contributed by atoms with Gasteiger partial charge in [-0.05, 0) is 38.1 Å². The lowest BCUT2D eigenvalue weighted by Crippen LogP contribution is -2.06. The zero-order valence-corrected chi connectivity index (χ0v) is 15.9. The van der Waals surface area contributed by atoms with Crippen LogP contribution in [0.4, 0.5) is 0 Å². The summed E-state index contributed by atoms with van der Waals surface area (Å²) in [5.74, 6) is 1.65. The van der Waals surface area contributed by atoms with Gasteiger partial charge in [0.1, 0.15) is 0 Å². The highest BCUT2D eigenvalue weighted by Gasteiger charge is 2.24. The first kappa shape index (κ1) is 15.5. The van der Waals surface area contributed by atoms with Crippen molar-refractivity contribution in [2.75, 3.05) is 0 Å². The first-order chi connectivity index (χ1) is 12.6. The Hall–Kier alpha value is -2.74. The molecule has 0 radical (unpaired) electrons. The van der Waals surface area contributed by atoms with E-state index in [9.17, 15) is 0 Å². The standard InChI is InChI=1S/C18H16BrN7/c1-10-5-13(23-22-10)7-17-21-18-14-6-12(19)3-4-15(14)25-9-20-11(2)16(25)8-26(18)24-17/h3-6,9H,7-8H2,1-2H3,(H,22,23). The van der Waals surface area contributed by atoms with E-state index in [1.807, 2.05) is 37.0 Å². The van der Waals surface area contributed by atoms with Crippen LogP contribution in [0.5, 0.6) is 0 Å². The lowest BCUT2D eigenvalue weighted by molar-refractivity contribution is 0.663. The van der Waals surface area contributed by atoms with E-state index in [0.717, 1.165) is 50.1 Å². The Morgan fingerprint density at radius 3 is 2.92 bits per heavy atom. The van der Waals surface area contributed by atoms with Crippen LogP contribution in [0.1, 0.15) is 28.6 Å². The number of nitrogens with one attached hydrogen (secondary N) is 1. The molecule has 0 atom stereocenters. The first-order valence-corrected chi connectivity index (χ1v) is 9.15. The Bertz CT molecular complexity index is 1130. The lowest BCUT2D eigenvalue weighted by atomic mass is 10.1. The number of rotatable bonds is 2. The summed E-state index contributed by atoms with van der Waals surface area (Å²) in [6.45, 7) is 4.64. The normalized spacial score (nSPS) is 12.4. The molecule has 130 valence electrons. The molecule has 7 nitrogen and oxygen atoms in total. The summed E-state index contributed by atoms with van der Waals surface area (Å²) in [5.41, 5.74) is 6.22. The second-order valence-electron chi connectivity index (χ2n) is 6.53. The SMILES string of the molecule is Cc1cc(Cc2nc3n(n2)Cc2c(C)ncn2-c2ccc(Br)cc2-3)[nH]n1. The van der Waals surface area contributed by atoms with Gasteiger partial charge in [0.2, 0.25) is 0 Å². The van der Waals surface area contributed by atoms with E-state index in [4.69, 9.17) is 10.1 Å². The van der Waals surface area contributed by atoms with Crippen molar-refractivity contribution in [2.45, 2.75) is 26.8 Å². The smallest absolute Gasteiger partial charge is 0.160 e. The van der Waals surface area contributed by atoms with E-state index in [0.29, 0.717) is 13.0 Å². The molecule has 0 bridgehead atoms. The van der Waals surface area contributed by atoms with Crippen LogP contribution < -0.4 is 0 Å². The summed E-state index contributed by atoms with van der Waals surface area (Å²) >= 11 is 3.58. The Balaban J connectivity index is 1.67. The number of H-pyrrole nitrogens is 1. The molecule has 4 aromatic rings. The molecular weight excluding hydrogens is 394 g/mol. The molecule has 0 unspecified atom stereocenters. The first-order valence-electron chi connectivity index (χ1n) is 8.36. The molecule has 0 aliphatic carbocycles. The molecule has 26 heavy (non-hydrogen) atoms. The number of hydrogen-bond acceptors (Lipinski definition) is 4. The molecule has 5 rings (SSSR count). The van der Waals surface area contributed by atoms with Crippen LogP contribution in [0.25, 0.3) is 17.1 Å². The summed E-state index contributed by atoms with van der Waals surface area (Å²) in [4.78, 5) is 9.33. The minimum Gasteiger partial charge on any atom is -0.300 e. The van der Waals surface area contributed by atoms with Crippen molar-refractivity contribution in [1.82, 2.24) is 34.5 Å². The molecule has 0 saturated heterocycles. The predicted molar refractivity (Wildman–Crippen MR) is 100 cm³/mol. The molecule has 0 amide bonds. The van der Waals surface area contributed by atoms with Gasteiger partial charge in [0, 0.05) is 15.7 Å². The number of nitrogens with zero attached hydrogens (tertiary/aromatic N) is 6. The van der Waals surface area contributed by atoms with Gasteiger partial charge >= 0.3 is 0 Å². The number of halogens is 1. The van der Waals surface area contributed by atoms with Crippen LogP contribution in [0.15, 0.2) is 35.1 Å². The fraction of sp³-hybridized carbons (Fsp3) is 0.222. The number of aromatic nitrogens is 7. The van der Waals surface area contributed by atoms with E-state index in [1.165, 1.54) is 0 Å². The van der Waals surface area contributed by atoms with E-state index < -0.39 is 0 Å². The largest absolute Gasteiger partial charge is 0.300 e. The number of aryl methyl sites for hydroxylation is 2. The van der Waals surface area contributed by atoms with Crippen LogP contribution in [0.3, 0.4) is 0 Å². The Labute approximate surface area is 158 Å². The van der Waals surface area contributed by atoms with Crippen molar-refractivity contribution in [1.29, 1.82) is 0 Å². The summed E-state index contributed by atoms with van der Waals surface area (Å²) < 4.78 is 5.11. The second-order valence-corrected chi connectivity index (χ2v) is 7.44. The average molecular weight is 410 g/mol. The molecule has 1 aliphatic rings.